The van der Waals surface area contributed by atoms with Crippen molar-refractivity contribution in [1.82, 2.24) is 15.5 Å². The number of rotatable bonds is 24. The third kappa shape index (κ3) is 12.4. The third-order valence-corrected chi connectivity index (χ3v) is 16.0. The van der Waals surface area contributed by atoms with Gasteiger partial charge in [0.1, 0.15) is 36.6 Å². The molecule has 4 rings (SSSR count). The Hall–Kier alpha value is -2.07. The Kier molecular flexibility index (Phi) is 19.8. The average Bonchev–Trinajstić information content (AvgIpc) is 3.62. The molecule has 4 aliphatic rings. The smallest absolute Gasteiger partial charge is 0.222 e. The first-order valence-corrected chi connectivity index (χ1v) is 23.0. The molecule has 0 radical (unpaired) electrons. The van der Waals surface area contributed by atoms with Gasteiger partial charge in [0.25, 0.3) is 0 Å². The van der Waals surface area contributed by atoms with Gasteiger partial charge < -0.3 is 76.8 Å². The number of amides is 3. The van der Waals surface area contributed by atoms with Gasteiger partial charge in [0.15, 0.2) is 0 Å². The van der Waals surface area contributed by atoms with Crippen molar-refractivity contribution in [3.05, 3.63) is 0 Å². The zero-order chi connectivity index (χ0) is 46.1. The van der Waals surface area contributed by atoms with Crippen LogP contribution in [-0.4, -0.2) is 184 Å². The molecule has 3 amide bonds. The van der Waals surface area contributed by atoms with Gasteiger partial charge in [-0.1, -0.05) is 20.8 Å². The number of nitrogens with one attached hydrogen (secondary N) is 2. The lowest BCUT2D eigenvalue weighted by Gasteiger charge is -2.62. The Balaban J connectivity index is 1.33. The van der Waals surface area contributed by atoms with Crippen molar-refractivity contribution in [2.24, 2.45) is 46.3 Å². The van der Waals surface area contributed by atoms with Gasteiger partial charge >= 0.3 is 0 Å². The van der Waals surface area contributed by atoms with Crippen molar-refractivity contribution in [1.29, 1.82) is 0 Å². The van der Waals surface area contributed by atoms with Crippen LogP contribution in [0, 0.1) is 46.3 Å². The minimum absolute atomic E-state index is 0.0969. The van der Waals surface area contributed by atoms with Crippen molar-refractivity contribution in [2.45, 2.75) is 172 Å². The summed E-state index contributed by atoms with van der Waals surface area (Å²) in [6, 6.07) is 0. The Morgan fingerprint density at radius 1 is 0.677 bits per heavy atom. The van der Waals surface area contributed by atoms with Crippen LogP contribution in [0.4, 0.5) is 0 Å². The first-order chi connectivity index (χ1) is 29.2. The normalized spacial score (nSPS) is 33.9. The lowest BCUT2D eigenvalue weighted by atomic mass is 9.43. The summed E-state index contributed by atoms with van der Waals surface area (Å²) < 4.78 is 0. The summed E-state index contributed by atoms with van der Waals surface area (Å²) in [5.41, 5.74) is -0.135. The molecule has 18 heteroatoms. The van der Waals surface area contributed by atoms with Gasteiger partial charge in [-0.25, -0.2) is 0 Å². The van der Waals surface area contributed by atoms with Crippen molar-refractivity contribution in [3.63, 3.8) is 0 Å². The van der Waals surface area contributed by atoms with E-state index in [1.807, 2.05) is 0 Å². The van der Waals surface area contributed by atoms with Crippen molar-refractivity contribution in [3.8, 4) is 0 Å². The second kappa shape index (κ2) is 23.4. The third-order valence-electron chi connectivity index (χ3n) is 16.0. The SMILES string of the molecule is CC(CCC(=O)N(CCCNC(=O)C[C@@H](O)[C@@H](O)[C@@H](O)[C@H](O)CO)CCCNC(=O)C[C@@H](O)[C@@H](O)[C@@H](O)[C@H](O)CO)C1CCC2C3CCC4CC(O)CCC4(C)C3CC(O)C12C. The van der Waals surface area contributed by atoms with Crippen LogP contribution < -0.4 is 10.6 Å². The zero-order valence-corrected chi connectivity index (χ0v) is 36.9. The zero-order valence-electron chi connectivity index (χ0n) is 36.9. The molecule has 0 bridgehead atoms. The molecule has 18 atom stereocenters. The maximum absolute atomic E-state index is 13.9. The quantitative estimate of drug-likeness (QED) is 0.0461. The van der Waals surface area contributed by atoms with E-state index in [2.05, 4.69) is 31.4 Å². The molecule has 0 aliphatic heterocycles. The van der Waals surface area contributed by atoms with Crippen molar-refractivity contribution in [2.75, 3.05) is 39.4 Å². The van der Waals surface area contributed by atoms with E-state index in [1.54, 1.807) is 4.90 Å². The maximum atomic E-state index is 13.9. The number of carbonyl (C=O) groups excluding carboxylic acids is 3. The number of fused-ring (bicyclic) bond motifs is 5. The second-order valence-electron chi connectivity index (χ2n) is 19.7. The molecule has 18 nitrogen and oxygen atoms in total. The number of aliphatic hydroxyl groups excluding tert-OH is 12. The summed E-state index contributed by atoms with van der Waals surface area (Å²) >= 11 is 0. The highest BCUT2D eigenvalue weighted by Crippen LogP contribution is 2.68. The van der Waals surface area contributed by atoms with Crippen LogP contribution in [0.3, 0.4) is 0 Å². The minimum Gasteiger partial charge on any atom is -0.394 e. The number of hydrogen-bond acceptors (Lipinski definition) is 15. The maximum Gasteiger partial charge on any atom is 0.222 e. The van der Waals surface area contributed by atoms with Crippen LogP contribution in [0.5, 0.6) is 0 Å². The molecule has 360 valence electrons. The summed E-state index contributed by atoms with van der Waals surface area (Å²) in [6.07, 6.45) is -7.06. The minimum atomic E-state index is -1.88. The molecule has 0 heterocycles. The fourth-order valence-electron chi connectivity index (χ4n) is 12.1. The topological polar surface area (TPSA) is 321 Å². The van der Waals surface area contributed by atoms with E-state index in [0.29, 0.717) is 42.9 Å². The van der Waals surface area contributed by atoms with E-state index < -0.39 is 92.8 Å². The number of hydrogen-bond donors (Lipinski definition) is 14. The van der Waals surface area contributed by atoms with Gasteiger partial charge in [0.05, 0.1) is 50.5 Å². The van der Waals surface area contributed by atoms with Crippen molar-refractivity contribution >= 4 is 17.7 Å². The van der Waals surface area contributed by atoms with E-state index >= 15 is 0 Å². The molecule has 4 saturated carbocycles. The van der Waals surface area contributed by atoms with Crippen LogP contribution in [0.25, 0.3) is 0 Å². The fourth-order valence-corrected chi connectivity index (χ4v) is 12.1. The highest BCUT2D eigenvalue weighted by atomic mass is 16.4. The number of carbonyl (C=O) groups is 3. The molecule has 0 spiro atoms. The molecular formula is C44H79N3O15. The Morgan fingerprint density at radius 2 is 1.19 bits per heavy atom. The van der Waals surface area contributed by atoms with E-state index in [-0.39, 0.29) is 67.3 Å². The summed E-state index contributed by atoms with van der Waals surface area (Å²) in [5, 5.41) is 125. The average molecular weight is 890 g/mol. The summed E-state index contributed by atoms with van der Waals surface area (Å²) in [7, 11) is 0. The molecule has 0 saturated heterocycles. The first kappa shape index (κ1) is 52.6. The van der Waals surface area contributed by atoms with E-state index in [9.17, 15) is 65.4 Å². The van der Waals surface area contributed by atoms with Gasteiger partial charge in [-0.2, -0.15) is 0 Å². The Bertz CT molecular complexity index is 1380. The molecular weight excluding hydrogens is 810 g/mol. The van der Waals surface area contributed by atoms with E-state index in [4.69, 9.17) is 10.2 Å². The summed E-state index contributed by atoms with van der Waals surface area (Å²) in [6.45, 7) is 5.78. The van der Waals surface area contributed by atoms with Crippen LogP contribution in [0.2, 0.25) is 0 Å². The largest absolute Gasteiger partial charge is 0.394 e. The van der Waals surface area contributed by atoms with Gasteiger partial charge in [0, 0.05) is 32.6 Å². The van der Waals surface area contributed by atoms with Gasteiger partial charge in [-0.3, -0.25) is 14.4 Å². The number of aliphatic hydroxyl groups is 12. The molecule has 0 aromatic carbocycles. The summed E-state index contributed by atoms with van der Waals surface area (Å²) in [4.78, 5) is 40.5. The lowest BCUT2D eigenvalue weighted by Crippen LogP contribution is -2.58. The Labute approximate surface area is 365 Å². The predicted molar refractivity (Wildman–Crippen MR) is 224 cm³/mol. The van der Waals surface area contributed by atoms with Gasteiger partial charge in [-0.05, 0) is 117 Å². The predicted octanol–water partition coefficient (Wildman–Crippen LogP) is -2.11. The van der Waals surface area contributed by atoms with Gasteiger partial charge in [0.2, 0.25) is 17.7 Å². The fraction of sp³-hybridized carbons (Fsp3) is 0.932. The second-order valence-corrected chi connectivity index (χ2v) is 19.7. The Morgan fingerprint density at radius 3 is 1.71 bits per heavy atom. The first-order valence-electron chi connectivity index (χ1n) is 23.0. The van der Waals surface area contributed by atoms with Crippen LogP contribution in [0.15, 0.2) is 0 Å². The van der Waals surface area contributed by atoms with E-state index in [1.165, 1.54) is 0 Å². The highest BCUT2D eigenvalue weighted by Gasteiger charge is 2.63. The highest BCUT2D eigenvalue weighted by molar-refractivity contribution is 5.77. The molecule has 10 unspecified atom stereocenters. The van der Waals surface area contributed by atoms with Crippen LogP contribution >= 0.6 is 0 Å². The molecule has 0 aromatic heterocycles. The van der Waals surface area contributed by atoms with E-state index in [0.717, 1.165) is 51.4 Å². The summed E-state index contributed by atoms with van der Waals surface area (Å²) in [5.74, 6) is 0.807. The lowest BCUT2D eigenvalue weighted by molar-refractivity contribution is -0.175. The van der Waals surface area contributed by atoms with Crippen LogP contribution in [0.1, 0.15) is 111 Å². The molecule has 62 heavy (non-hydrogen) atoms. The molecule has 14 N–H and O–H groups in total. The molecule has 0 aromatic rings. The monoisotopic (exact) mass is 890 g/mol. The van der Waals surface area contributed by atoms with Crippen LogP contribution in [-0.2, 0) is 14.4 Å². The number of nitrogens with zero attached hydrogens (tertiary/aromatic N) is 1. The molecule has 4 fully saturated rings. The molecule has 4 aliphatic carbocycles. The van der Waals surface area contributed by atoms with Gasteiger partial charge in [-0.15, -0.1) is 0 Å². The standard InChI is InChI=1S/C44H79N3O15/c1-24(28-9-10-29-27-8-7-25-18-26(50)12-13-43(25,2)30(27)19-35(55)44(28,29)3)6-11-38(58)47(16-4-14-45-36(56)20-31(51)39(59)41(61)33(53)22-48)17-5-15-46-37(57)21-32(52)40(60)42(62)34(54)23-49/h24-35,39-42,48-55,59-62H,4-23H2,1-3H3,(H,45,56)(H,46,57)/t24?,25?,26?,27?,28?,29?,30?,31-,32-,33-,34-,35?,39-,40-,41+,42+,43?,44?/m1/s1. The van der Waals surface area contributed by atoms with Crippen molar-refractivity contribution < 1.29 is 75.7 Å².